The zero-order valence-corrected chi connectivity index (χ0v) is 19.1. The van der Waals surface area contributed by atoms with Crippen molar-refractivity contribution < 1.29 is 0 Å². The third-order valence-electron chi connectivity index (χ3n) is 6.86. The summed E-state index contributed by atoms with van der Waals surface area (Å²) in [5.74, 6) is 1.13. The smallest absolute Gasteiger partial charge is 0.124 e. The van der Waals surface area contributed by atoms with Crippen molar-refractivity contribution in [3.8, 4) is 0 Å². The van der Waals surface area contributed by atoms with E-state index in [2.05, 4.69) is 62.7 Å². The molecular formula is C25H32ClN5. The van der Waals surface area contributed by atoms with Crippen LogP contribution < -0.4 is 0 Å². The van der Waals surface area contributed by atoms with Gasteiger partial charge in [-0.15, -0.1) is 0 Å². The summed E-state index contributed by atoms with van der Waals surface area (Å²) in [6, 6.07) is 17.4. The minimum absolute atomic E-state index is 0.727. The number of aromatic nitrogens is 2. The Labute approximate surface area is 190 Å². The highest BCUT2D eigenvalue weighted by Crippen LogP contribution is 2.24. The highest BCUT2D eigenvalue weighted by atomic mass is 35.5. The predicted octanol–water partition coefficient (Wildman–Crippen LogP) is 3.95. The van der Waals surface area contributed by atoms with Crippen LogP contribution >= 0.6 is 11.6 Å². The van der Waals surface area contributed by atoms with Crippen molar-refractivity contribution in [2.75, 3.05) is 46.3 Å². The van der Waals surface area contributed by atoms with Crippen LogP contribution in [0, 0.1) is 0 Å². The summed E-state index contributed by atoms with van der Waals surface area (Å²) in [5.41, 5.74) is 3.44. The van der Waals surface area contributed by atoms with Crippen LogP contribution in [0.25, 0.3) is 11.0 Å². The summed E-state index contributed by atoms with van der Waals surface area (Å²) in [6.45, 7) is 8.71. The van der Waals surface area contributed by atoms with Crippen LogP contribution in [0.5, 0.6) is 0 Å². The molecule has 3 aromatic rings. The summed E-state index contributed by atoms with van der Waals surface area (Å²) in [4.78, 5) is 12.8. The minimum Gasteiger partial charge on any atom is -0.322 e. The second-order valence-corrected chi connectivity index (χ2v) is 9.54. The van der Waals surface area contributed by atoms with Gasteiger partial charge in [-0.25, -0.2) is 4.98 Å². The van der Waals surface area contributed by atoms with Crippen molar-refractivity contribution in [1.82, 2.24) is 24.3 Å². The second kappa shape index (κ2) is 9.29. The third-order valence-corrected chi connectivity index (χ3v) is 7.10. The van der Waals surface area contributed by atoms with E-state index in [1.807, 2.05) is 12.1 Å². The second-order valence-electron chi connectivity index (χ2n) is 9.10. The van der Waals surface area contributed by atoms with Crippen molar-refractivity contribution in [1.29, 1.82) is 0 Å². The number of hydrogen-bond acceptors (Lipinski definition) is 4. The molecule has 3 heterocycles. The molecule has 164 valence electrons. The van der Waals surface area contributed by atoms with Crippen molar-refractivity contribution in [2.45, 2.75) is 32.0 Å². The molecule has 2 aliphatic heterocycles. The summed E-state index contributed by atoms with van der Waals surface area (Å²) in [5, 5.41) is 0.745. The molecule has 2 aliphatic rings. The van der Waals surface area contributed by atoms with Crippen molar-refractivity contribution >= 4 is 22.6 Å². The van der Waals surface area contributed by atoms with Crippen LogP contribution in [-0.2, 0) is 13.1 Å². The molecule has 2 fully saturated rings. The molecule has 0 bridgehead atoms. The van der Waals surface area contributed by atoms with E-state index in [-0.39, 0.29) is 0 Å². The Morgan fingerprint density at radius 2 is 1.77 bits per heavy atom. The summed E-state index contributed by atoms with van der Waals surface area (Å²) in [7, 11) is 2.26. The number of rotatable bonds is 5. The van der Waals surface area contributed by atoms with Crippen molar-refractivity contribution in [3.05, 3.63) is 64.9 Å². The summed E-state index contributed by atoms with van der Waals surface area (Å²) >= 11 is 6.26. The van der Waals surface area contributed by atoms with E-state index in [1.54, 1.807) is 0 Å². The fraction of sp³-hybridized carbons (Fsp3) is 0.480. The molecule has 2 aromatic carbocycles. The molecule has 0 N–H and O–H groups in total. The molecule has 0 spiro atoms. The Hall–Kier alpha value is -1.92. The van der Waals surface area contributed by atoms with Gasteiger partial charge in [0.05, 0.1) is 17.6 Å². The third kappa shape index (κ3) is 4.80. The largest absolute Gasteiger partial charge is 0.322 e. The lowest BCUT2D eigenvalue weighted by atomic mass is 10.0. The Morgan fingerprint density at radius 1 is 0.968 bits per heavy atom. The first kappa shape index (κ1) is 21.0. The molecule has 6 heteroatoms. The molecule has 0 radical (unpaired) electrons. The summed E-state index contributed by atoms with van der Waals surface area (Å²) < 4.78 is 2.36. The Kier molecular flexibility index (Phi) is 6.28. The highest BCUT2D eigenvalue weighted by molar-refractivity contribution is 6.31. The van der Waals surface area contributed by atoms with Crippen LogP contribution in [0.2, 0.25) is 5.02 Å². The maximum Gasteiger partial charge on any atom is 0.124 e. The molecular weight excluding hydrogens is 406 g/mol. The van der Waals surface area contributed by atoms with E-state index in [1.165, 1.54) is 31.5 Å². The molecule has 5 nitrogen and oxygen atoms in total. The van der Waals surface area contributed by atoms with Gasteiger partial charge in [-0.05, 0) is 50.2 Å². The maximum atomic E-state index is 6.26. The van der Waals surface area contributed by atoms with Gasteiger partial charge in [-0.1, -0.05) is 41.9 Å². The number of hydrogen-bond donors (Lipinski definition) is 0. The van der Waals surface area contributed by atoms with Gasteiger partial charge >= 0.3 is 0 Å². The quantitative estimate of drug-likeness (QED) is 0.604. The number of likely N-dealkylation sites (N-methyl/N-ethyl adjacent to an activating group) is 1. The molecule has 0 saturated carbocycles. The van der Waals surface area contributed by atoms with Crippen molar-refractivity contribution in [3.63, 3.8) is 0 Å². The first-order valence-corrected chi connectivity index (χ1v) is 11.9. The normalized spacial score (nSPS) is 21.7. The van der Waals surface area contributed by atoms with E-state index in [0.717, 1.165) is 67.2 Å². The van der Waals surface area contributed by atoms with E-state index in [9.17, 15) is 0 Å². The predicted molar refractivity (Wildman–Crippen MR) is 128 cm³/mol. The van der Waals surface area contributed by atoms with E-state index in [4.69, 9.17) is 16.6 Å². The summed E-state index contributed by atoms with van der Waals surface area (Å²) in [6.07, 6.45) is 2.67. The SMILES string of the molecule is CN1CCCC(N2CCN(Cc3nc4cc(Cl)ccc4n3Cc3ccccc3)CC2)C1. The highest BCUT2D eigenvalue weighted by Gasteiger charge is 2.27. The average molecular weight is 438 g/mol. The Bertz CT molecular complexity index is 1010. The lowest BCUT2D eigenvalue weighted by Gasteiger charge is -2.42. The maximum absolute atomic E-state index is 6.26. The van der Waals surface area contributed by atoms with Crippen LogP contribution in [0.3, 0.4) is 0 Å². The number of benzene rings is 2. The molecule has 31 heavy (non-hydrogen) atoms. The van der Waals surface area contributed by atoms with Gasteiger partial charge in [0, 0.05) is 50.3 Å². The minimum atomic E-state index is 0.727. The Balaban J connectivity index is 1.31. The molecule has 5 rings (SSSR count). The Morgan fingerprint density at radius 3 is 2.55 bits per heavy atom. The molecule has 1 atom stereocenters. The van der Waals surface area contributed by atoms with Gasteiger partial charge in [-0.2, -0.15) is 0 Å². The first-order valence-electron chi connectivity index (χ1n) is 11.5. The van der Waals surface area contributed by atoms with Crippen LogP contribution in [0.15, 0.2) is 48.5 Å². The molecule has 2 saturated heterocycles. The van der Waals surface area contributed by atoms with Gasteiger partial charge in [-0.3, -0.25) is 9.80 Å². The lowest BCUT2D eigenvalue weighted by molar-refractivity contribution is 0.0556. The van der Waals surface area contributed by atoms with Gasteiger partial charge in [0.1, 0.15) is 5.82 Å². The average Bonchev–Trinajstić information content (AvgIpc) is 3.11. The van der Waals surface area contributed by atoms with E-state index >= 15 is 0 Å². The van der Waals surface area contributed by atoms with E-state index < -0.39 is 0 Å². The molecule has 0 aliphatic carbocycles. The van der Waals surface area contributed by atoms with Gasteiger partial charge in [0.15, 0.2) is 0 Å². The fourth-order valence-corrected chi connectivity index (χ4v) is 5.31. The number of halogens is 1. The van der Waals surface area contributed by atoms with Crippen LogP contribution in [0.4, 0.5) is 0 Å². The van der Waals surface area contributed by atoms with Gasteiger partial charge in [0.2, 0.25) is 0 Å². The first-order chi connectivity index (χ1) is 15.2. The van der Waals surface area contributed by atoms with Crippen molar-refractivity contribution in [2.24, 2.45) is 0 Å². The monoisotopic (exact) mass is 437 g/mol. The standard InChI is InChI=1S/C25H32ClN5/c1-28-11-5-8-22(18-28)30-14-12-29(13-15-30)19-25-27-23-16-21(26)9-10-24(23)31(25)17-20-6-3-2-4-7-20/h2-4,6-7,9-10,16,22H,5,8,11-15,17-19H2,1H3. The fourth-order valence-electron chi connectivity index (χ4n) is 5.14. The number of piperidine rings is 1. The number of piperazine rings is 1. The molecule has 1 aromatic heterocycles. The zero-order valence-electron chi connectivity index (χ0n) is 18.4. The van der Waals surface area contributed by atoms with E-state index in [0.29, 0.717) is 0 Å². The number of fused-ring (bicyclic) bond motifs is 1. The number of likely N-dealkylation sites (tertiary alicyclic amines) is 1. The number of nitrogens with zero attached hydrogens (tertiary/aromatic N) is 5. The van der Waals surface area contributed by atoms with Crippen LogP contribution in [0.1, 0.15) is 24.2 Å². The topological polar surface area (TPSA) is 27.5 Å². The number of imidazole rings is 1. The molecule has 1 unspecified atom stereocenters. The zero-order chi connectivity index (χ0) is 21.2. The van der Waals surface area contributed by atoms with Gasteiger partial charge < -0.3 is 9.47 Å². The van der Waals surface area contributed by atoms with Crippen LogP contribution in [-0.4, -0.2) is 76.6 Å². The van der Waals surface area contributed by atoms with Gasteiger partial charge in [0.25, 0.3) is 0 Å². The molecule has 0 amide bonds. The lowest BCUT2D eigenvalue weighted by Crippen LogP contribution is -2.54.